The second-order valence-electron chi connectivity index (χ2n) is 5.97. The Morgan fingerprint density at radius 1 is 1.12 bits per heavy atom. The number of rotatable bonds is 6. The summed E-state index contributed by atoms with van der Waals surface area (Å²) < 4.78 is 11.0. The molecular formula is C20H22N2O3. The van der Waals surface area contributed by atoms with E-state index in [4.69, 9.17) is 14.7 Å². The van der Waals surface area contributed by atoms with Crippen LogP contribution in [-0.4, -0.2) is 19.1 Å². The highest BCUT2D eigenvalue weighted by Gasteiger charge is 2.19. The Bertz CT molecular complexity index is 794. The van der Waals surface area contributed by atoms with Gasteiger partial charge in [0.25, 0.3) is 5.91 Å². The van der Waals surface area contributed by atoms with Gasteiger partial charge in [-0.3, -0.25) is 4.79 Å². The van der Waals surface area contributed by atoms with E-state index in [1.807, 2.05) is 30.3 Å². The lowest BCUT2D eigenvalue weighted by molar-refractivity contribution is -0.122. The van der Waals surface area contributed by atoms with Crippen molar-refractivity contribution in [3.63, 3.8) is 0 Å². The zero-order chi connectivity index (χ0) is 18.4. The molecule has 25 heavy (non-hydrogen) atoms. The number of para-hydroxylation sites is 1. The van der Waals surface area contributed by atoms with E-state index in [0.29, 0.717) is 23.0 Å². The topological polar surface area (TPSA) is 71.3 Å². The highest BCUT2D eigenvalue weighted by molar-refractivity contribution is 5.94. The molecule has 2 aromatic rings. The zero-order valence-corrected chi connectivity index (χ0v) is 14.9. The molecule has 1 N–H and O–H groups in total. The molecule has 2 rings (SSSR count). The lowest BCUT2D eigenvalue weighted by Gasteiger charge is -2.19. The van der Waals surface area contributed by atoms with Crippen molar-refractivity contribution in [2.45, 2.75) is 32.8 Å². The summed E-state index contributed by atoms with van der Waals surface area (Å²) in [6.45, 7) is 5.82. The Hall–Kier alpha value is -3.00. The van der Waals surface area contributed by atoms with Crippen molar-refractivity contribution in [2.24, 2.45) is 0 Å². The van der Waals surface area contributed by atoms with Crippen molar-refractivity contribution in [1.82, 2.24) is 0 Å². The molecule has 0 aliphatic rings. The van der Waals surface area contributed by atoms with Gasteiger partial charge in [0.2, 0.25) is 0 Å². The van der Waals surface area contributed by atoms with Gasteiger partial charge in [-0.1, -0.05) is 32.0 Å². The van der Waals surface area contributed by atoms with Crippen LogP contribution in [0.2, 0.25) is 0 Å². The molecule has 5 nitrogen and oxygen atoms in total. The summed E-state index contributed by atoms with van der Waals surface area (Å²) >= 11 is 0. The van der Waals surface area contributed by atoms with E-state index in [1.165, 1.54) is 7.11 Å². The fourth-order valence-electron chi connectivity index (χ4n) is 2.43. The summed E-state index contributed by atoms with van der Waals surface area (Å²) in [4.78, 5) is 12.5. The summed E-state index contributed by atoms with van der Waals surface area (Å²) in [7, 11) is 1.49. The van der Waals surface area contributed by atoms with Crippen LogP contribution in [0.5, 0.6) is 11.5 Å². The van der Waals surface area contributed by atoms with Gasteiger partial charge in [-0.2, -0.15) is 5.26 Å². The van der Waals surface area contributed by atoms with Crippen LogP contribution in [0.4, 0.5) is 5.69 Å². The van der Waals surface area contributed by atoms with Crippen LogP contribution in [0, 0.1) is 11.3 Å². The number of hydrogen-bond donors (Lipinski definition) is 1. The largest absolute Gasteiger partial charge is 0.493 e. The van der Waals surface area contributed by atoms with E-state index >= 15 is 0 Å². The number of carbonyl (C=O) groups is 1. The smallest absolute Gasteiger partial charge is 0.265 e. The van der Waals surface area contributed by atoms with E-state index in [1.54, 1.807) is 25.1 Å². The van der Waals surface area contributed by atoms with Gasteiger partial charge >= 0.3 is 0 Å². The number of nitrogens with one attached hydrogen (secondary N) is 1. The van der Waals surface area contributed by atoms with Gasteiger partial charge in [-0.15, -0.1) is 0 Å². The first kappa shape index (κ1) is 18.3. The van der Waals surface area contributed by atoms with Crippen molar-refractivity contribution in [3.8, 4) is 17.6 Å². The minimum Gasteiger partial charge on any atom is -0.493 e. The molecule has 0 heterocycles. The number of amides is 1. The van der Waals surface area contributed by atoms with Gasteiger partial charge in [-0.05, 0) is 36.6 Å². The Kier molecular flexibility index (Phi) is 6.02. The number of nitrogens with zero attached hydrogens (tertiary/aromatic N) is 1. The van der Waals surface area contributed by atoms with Crippen molar-refractivity contribution in [3.05, 3.63) is 53.6 Å². The van der Waals surface area contributed by atoms with Crippen molar-refractivity contribution in [2.75, 3.05) is 12.4 Å². The number of carbonyl (C=O) groups excluding carboxylic acids is 1. The quantitative estimate of drug-likeness (QED) is 0.861. The second-order valence-corrected chi connectivity index (χ2v) is 5.97. The number of hydrogen-bond acceptors (Lipinski definition) is 4. The lowest BCUT2D eigenvalue weighted by Crippen LogP contribution is -2.30. The lowest BCUT2D eigenvalue weighted by atomic mass is 10.0. The molecule has 0 spiro atoms. The van der Waals surface area contributed by atoms with Crippen LogP contribution in [0.15, 0.2) is 42.5 Å². The fourth-order valence-corrected chi connectivity index (χ4v) is 2.43. The highest BCUT2D eigenvalue weighted by Crippen LogP contribution is 2.29. The molecule has 0 bridgehead atoms. The Labute approximate surface area is 148 Å². The fraction of sp³-hybridized carbons (Fsp3) is 0.300. The van der Waals surface area contributed by atoms with Gasteiger partial charge in [0, 0.05) is 11.8 Å². The summed E-state index contributed by atoms with van der Waals surface area (Å²) in [6.07, 6.45) is -0.720. The molecule has 0 radical (unpaired) electrons. The molecule has 1 amide bonds. The van der Waals surface area contributed by atoms with Gasteiger partial charge in [0.05, 0.1) is 18.7 Å². The number of nitriles is 1. The van der Waals surface area contributed by atoms with Crippen LogP contribution < -0.4 is 14.8 Å². The molecule has 2 aromatic carbocycles. The predicted octanol–water partition coefficient (Wildman–Crippen LogP) is 4.10. The molecule has 0 saturated heterocycles. The Morgan fingerprint density at radius 3 is 2.48 bits per heavy atom. The number of benzene rings is 2. The average Bonchev–Trinajstić information content (AvgIpc) is 2.62. The third kappa shape index (κ3) is 4.51. The SMILES string of the molecule is COc1cc(C#N)ccc1O[C@H](C)C(=O)Nc1ccccc1C(C)C. The third-order valence-corrected chi connectivity index (χ3v) is 3.81. The predicted molar refractivity (Wildman–Crippen MR) is 97.0 cm³/mol. The molecule has 0 aromatic heterocycles. The standard InChI is InChI=1S/C20H22N2O3/c1-13(2)16-7-5-6-8-17(16)22-20(23)14(3)25-18-10-9-15(12-21)11-19(18)24-4/h5-11,13-14H,1-4H3,(H,22,23)/t14-/m1/s1. The van der Waals surface area contributed by atoms with E-state index < -0.39 is 6.10 Å². The zero-order valence-electron chi connectivity index (χ0n) is 14.9. The molecule has 1 atom stereocenters. The van der Waals surface area contributed by atoms with Crippen LogP contribution in [-0.2, 0) is 4.79 Å². The maximum Gasteiger partial charge on any atom is 0.265 e. The van der Waals surface area contributed by atoms with Gasteiger partial charge in [-0.25, -0.2) is 0 Å². The van der Waals surface area contributed by atoms with Crippen LogP contribution >= 0.6 is 0 Å². The van der Waals surface area contributed by atoms with E-state index in [-0.39, 0.29) is 5.91 Å². The Balaban J connectivity index is 2.13. The highest BCUT2D eigenvalue weighted by atomic mass is 16.5. The summed E-state index contributed by atoms with van der Waals surface area (Å²) in [6, 6.07) is 14.6. The number of methoxy groups -OCH3 is 1. The minimum absolute atomic E-state index is 0.250. The molecule has 5 heteroatoms. The first-order valence-corrected chi connectivity index (χ1v) is 8.10. The summed E-state index contributed by atoms with van der Waals surface area (Å²) in [5.41, 5.74) is 2.32. The second kappa shape index (κ2) is 8.20. The van der Waals surface area contributed by atoms with Gasteiger partial charge in [0.15, 0.2) is 17.6 Å². The molecule has 0 aliphatic heterocycles. The summed E-state index contributed by atoms with van der Waals surface area (Å²) in [5, 5.41) is 11.9. The third-order valence-electron chi connectivity index (χ3n) is 3.81. The van der Waals surface area contributed by atoms with Gasteiger partial charge < -0.3 is 14.8 Å². The first-order valence-electron chi connectivity index (χ1n) is 8.10. The molecule has 0 aliphatic carbocycles. The average molecular weight is 338 g/mol. The van der Waals surface area contributed by atoms with Crippen LogP contribution in [0.3, 0.4) is 0 Å². The maximum absolute atomic E-state index is 12.5. The molecule has 0 fully saturated rings. The molecule has 0 saturated carbocycles. The number of anilines is 1. The van der Waals surface area contributed by atoms with Crippen LogP contribution in [0.1, 0.15) is 37.8 Å². The number of ether oxygens (including phenoxy) is 2. The van der Waals surface area contributed by atoms with Crippen LogP contribution in [0.25, 0.3) is 0 Å². The van der Waals surface area contributed by atoms with E-state index in [2.05, 4.69) is 19.2 Å². The normalized spacial score (nSPS) is 11.5. The molecular weight excluding hydrogens is 316 g/mol. The maximum atomic E-state index is 12.5. The Morgan fingerprint density at radius 2 is 1.84 bits per heavy atom. The van der Waals surface area contributed by atoms with Crippen molar-refractivity contribution >= 4 is 11.6 Å². The van der Waals surface area contributed by atoms with E-state index in [0.717, 1.165) is 11.3 Å². The minimum atomic E-state index is -0.720. The monoisotopic (exact) mass is 338 g/mol. The van der Waals surface area contributed by atoms with E-state index in [9.17, 15) is 4.79 Å². The first-order chi connectivity index (χ1) is 12.0. The molecule has 130 valence electrons. The van der Waals surface area contributed by atoms with Crippen molar-refractivity contribution in [1.29, 1.82) is 5.26 Å². The van der Waals surface area contributed by atoms with Gasteiger partial charge in [0.1, 0.15) is 0 Å². The summed E-state index contributed by atoms with van der Waals surface area (Å²) in [5.74, 6) is 0.883. The van der Waals surface area contributed by atoms with Crippen molar-refractivity contribution < 1.29 is 14.3 Å². The molecule has 0 unspecified atom stereocenters.